The van der Waals surface area contributed by atoms with Gasteiger partial charge in [-0.15, -0.1) is 0 Å². The molecule has 0 amide bonds. The standard InChI is InChI=1S/C33H55NO6/c1-32(2,3)39-29(35)18-14-10-8-12-16-24-34(26-27-20-22-28(23-21-27)31(37)38-7)25-17-13-9-11-15-19-30(36)40-33(4,5)6/h20-23H,8-19,24-26H2,1-7H3. The number of esters is 3. The third kappa shape index (κ3) is 18.8. The molecule has 228 valence electrons. The van der Waals surface area contributed by atoms with Crippen LogP contribution in [-0.2, 0) is 30.3 Å². The van der Waals surface area contributed by atoms with Crippen molar-refractivity contribution in [1.29, 1.82) is 0 Å². The van der Waals surface area contributed by atoms with Crippen molar-refractivity contribution >= 4 is 17.9 Å². The topological polar surface area (TPSA) is 82.1 Å². The molecule has 1 aromatic carbocycles. The van der Waals surface area contributed by atoms with Crippen LogP contribution in [0.1, 0.15) is 135 Å². The largest absolute Gasteiger partial charge is 0.465 e. The lowest BCUT2D eigenvalue weighted by atomic mass is 10.1. The Bertz CT molecular complexity index is 824. The predicted molar refractivity (Wildman–Crippen MR) is 160 cm³/mol. The first-order chi connectivity index (χ1) is 18.8. The number of benzene rings is 1. The molecule has 0 fully saturated rings. The van der Waals surface area contributed by atoms with Gasteiger partial charge in [-0.05, 0) is 98.0 Å². The van der Waals surface area contributed by atoms with Gasteiger partial charge in [0.1, 0.15) is 11.2 Å². The highest BCUT2D eigenvalue weighted by Gasteiger charge is 2.16. The first-order valence-electron chi connectivity index (χ1n) is 15.1. The molecule has 7 heteroatoms. The number of carbonyl (C=O) groups excluding carboxylic acids is 3. The number of ether oxygens (including phenoxy) is 3. The van der Waals surface area contributed by atoms with Gasteiger partial charge in [0.25, 0.3) is 0 Å². The van der Waals surface area contributed by atoms with Gasteiger partial charge in [0.2, 0.25) is 0 Å². The fourth-order valence-electron chi connectivity index (χ4n) is 4.45. The highest BCUT2D eigenvalue weighted by Crippen LogP contribution is 2.15. The van der Waals surface area contributed by atoms with Gasteiger partial charge in [-0.1, -0.05) is 50.7 Å². The van der Waals surface area contributed by atoms with Gasteiger partial charge >= 0.3 is 17.9 Å². The van der Waals surface area contributed by atoms with E-state index in [1.165, 1.54) is 12.7 Å². The average molecular weight is 562 g/mol. The van der Waals surface area contributed by atoms with Gasteiger partial charge in [0, 0.05) is 19.4 Å². The van der Waals surface area contributed by atoms with E-state index in [1.54, 1.807) is 0 Å². The number of nitrogens with zero attached hydrogens (tertiary/aromatic N) is 1. The summed E-state index contributed by atoms with van der Waals surface area (Å²) in [5.74, 6) is -0.537. The summed E-state index contributed by atoms with van der Waals surface area (Å²) in [5.41, 5.74) is 0.915. The molecule has 0 saturated carbocycles. The number of rotatable bonds is 19. The van der Waals surface area contributed by atoms with Gasteiger partial charge in [-0.25, -0.2) is 4.79 Å². The molecular weight excluding hydrogens is 506 g/mol. The molecule has 0 radical (unpaired) electrons. The molecule has 1 rings (SSSR count). The molecule has 0 N–H and O–H groups in total. The molecule has 1 aromatic rings. The van der Waals surface area contributed by atoms with E-state index in [4.69, 9.17) is 14.2 Å². The van der Waals surface area contributed by atoms with E-state index in [1.807, 2.05) is 65.8 Å². The Kier molecular flexibility index (Phi) is 16.8. The second-order valence-electron chi connectivity index (χ2n) is 12.7. The Morgan fingerprint density at radius 1 is 0.625 bits per heavy atom. The summed E-state index contributed by atoms with van der Waals surface area (Å²) in [6.07, 6.45) is 11.5. The summed E-state index contributed by atoms with van der Waals surface area (Å²) in [6, 6.07) is 7.67. The molecule has 0 heterocycles. The molecule has 0 aliphatic carbocycles. The minimum absolute atomic E-state index is 0.110. The zero-order valence-electron chi connectivity index (χ0n) is 26.3. The summed E-state index contributed by atoms with van der Waals surface area (Å²) >= 11 is 0. The molecule has 40 heavy (non-hydrogen) atoms. The second kappa shape index (κ2) is 18.8. The van der Waals surface area contributed by atoms with Crippen LogP contribution in [0.4, 0.5) is 0 Å². The van der Waals surface area contributed by atoms with Crippen LogP contribution in [0, 0.1) is 0 Å². The van der Waals surface area contributed by atoms with Crippen molar-refractivity contribution in [1.82, 2.24) is 4.90 Å². The summed E-state index contributed by atoms with van der Waals surface area (Å²) in [7, 11) is 1.40. The fourth-order valence-corrected chi connectivity index (χ4v) is 4.45. The van der Waals surface area contributed by atoms with Crippen molar-refractivity contribution in [3.63, 3.8) is 0 Å². The van der Waals surface area contributed by atoms with E-state index < -0.39 is 11.2 Å². The molecule has 0 aliphatic rings. The number of methoxy groups -OCH3 is 1. The quantitative estimate of drug-likeness (QED) is 0.0975. The maximum absolute atomic E-state index is 11.9. The Labute approximate surface area is 243 Å². The number of unbranched alkanes of at least 4 members (excludes halogenated alkanes) is 8. The van der Waals surface area contributed by atoms with Crippen LogP contribution in [0.3, 0.4) is 0 Å². The highest BCUT2D eigenvalue weighted by molar-refractivity contribution is 5.89. The lowest BCUT2D eigenvalue weighted by molar-refractivity contribution is -0.156. The van der Waals surface area contributed by atoms with Gasteiger partial charge in [0.15, 0.2) is 0 Å². The monoisotopic (exact) mass is 561 g/mol. The third-order valence-corrected chi connectivity index (χ3v) is 6.33. The van der Waals surface area contributed by atoms with Crippen LogP contribution in [0.15, 0.2) is 24.3 Å². The average Bonchev–Trinajstić information content (AvgIpc) is 2.85. The molecule has 0 bridgehead atoms. The van der Waals surface area contributed by atoms with Crippen LogP contribution in [0.2, 0.25) is 0 Å². The van der Waals surface area contributed by atoms with Gasteiger partial charge < -0.3 is 14.2 Å². The van der Waals surface area contributed by atoms with Crippen molar-refractivity contribution in [2.24, 2.45) is 0 Å². The Hall–Kier alpha value is -2.41. The minimum atomic E-state index is -0.416. The van der Waals surface area contributed by atoms with E-state index in [0.717, 1.165) is 83.8 Å². The predicted octanol–water partition coefficient (Wildman–Crippen LogP) is 7.64. The summed E-state index contributed by atoms with van der Waals surface area (Å²) in [6.45, 7) is 14.3. The summed E-state index contributed by atoms with van der Waals surface area (Å²) in [4.78, 5) is 38.0. The molecule has 0 spiro atoms. The summed E-state index contributed by atoms with van der Waals surface area (Å²) < 4.78 is 15.6. The maximum atomic E-state index is 11.9. The molecule has 0 saturated heterocycles. The SMILES string of the molecule is COC(=O)c1ccc(CN(CCCCCCCC(=O)OC(C)(C)C)CCCCCCCC(=O)OC(C)(C)C)cc1. The van der Waals surface area contributed by atoms with Crippen molar-refractivity contribution in [3.05, 3.63) is 35.4 Å². The van der Waals surface area contributed by atoms with Crippen LogP contribution in [-0.4, -0.2) is 54.2 Å². The second-order valence-corrected chi connectivity index (χ2v) is 12.7. The first kappa shape index (κ1) is 35.6. The smallest absolute Gasteiger partial charge is 0.337 e. The van der Waals surface area contributed by atoms with Crippen LogP contribution >= 0.6 is 0 Å². The van der Waals surface area contributed by atoms with E-state index in [9.17, 15) is 14.4 Å². The number of carbonyl (C=O) groups is 3. The Morgan fingerprint density at radius 3 is 1.43 bits per heavy atom. The zero-order valence-corrected chi connectivity index (χ0v) is 26.3. The molecular formula is C33H55NO6. The van der Waals surface area contributed by atoms with E-state index in [0.29, 0.717) is 18.4 Å². The van der Waals surface area contributed by atoms with Crippen LogP contribution in [0.25, 0.3) is 0 Å². The van der Waals surface area contributed by atoms with E-state index in [-0.39, 0.29) is 17.9 Å². The molecule has 0 unspecified atom stereocenters. The lowest BCUT2D eigenvalue weighted by Crippen LogP contribution is -2.25. The van der Waals surface area contributed by atoms with Crippen molar-refractivity contribution in [3.8, 4) is 0 Å². The van der Waals surface area contributed by atoms with Crippen LogP contribution < -0.4 is 0 Å². The van der Waals surface area contributed by atoms with Gasteiger partial charge in [-0.3, -0.25) is 14.5 Å². The lowest BCUT2D eigenvalue weighted by Gasteiger charge is -2.23. The molecule has 0 aromatic heterocycles. The Morgan fingerprint density at radius 2 is 1.02 bits per heavy atom. The fraction of sp³-hybridized carbons (Fsp3) is 0.727. The van der Waals surface area contributed by atoms with Crippen LogP contribution in [0.5, 0.6) is 0 Å². The maximum Gasteiger partial charge on any atom is 0.337 e. The van der Waals surface area contributed by atoms with Crippen molar-refractivity contribution in [2.45, 2.75) is 136 Å². The molecule has 7 nitrogen and oxygen atoms in total. The zero-order chi connectivity index (χ0) is 30.0. The van der Waals surface area contributed by atoms with Crippen molar-refractivity contribution < 1.29 is 28.6 Å². The molecule has 0 atom stereocenters. The number of hydrogen-bond acceptors (Lipinski definition) is 7. The molecule has 0 aliphatic heterocycles. The van der Waals surface area contributed by atoms with Gasteiger partial charge in [0.05, 0.1) is 12.7 Å². The van der Waals surface area contributed by atoms with E-state index >= 15 is 0 Å². The van der Waals surface area contributed by atoms with Gasteiger partial charge in [-0.2, -0.15) is 0 Å². The van der Waals surface area contributed by atoms with E-state index in [2.05, 4.69) is 4.90 Å². The highest BCUT2D eigenvalue weighted by atomic mass is 16.6. The normalized spacial score (nSPS) is 11.9. The van der Waals surface area contributed by atoms with Crippen molar-refractivity contribution in [2.75, 3.05) is 20.2 Å². The first-order valence-corrected chi connectivity index (χ1v) is 15.1. The number of hydrogen-bond donors (Lipinski definition) is 0. The minimum Gasteiger partial charge on any atom is -0.465 e. The summed E-state index contributed by atoms with van der Waals surface area (Å²) in [5, 5.41) is 0. The Balaban J connectivity index is 2.41. The third-order valence-electron chi connectivity index (χ3n) is 6.33.